The van der Waals surface area contributed by atoms with E-state index in [9.17, 15) is 4.79 Å². The van der Waals surface area contributed by atoms with Crippen molar-refractivity contribution in [3.8, 4) is 0 Å². The Hall–Kier alpha value is -0.950. The molecule has 98 valence electrons. The average molecular weight is 313 g/mol. The smallest absolute Gasteiger partial charge is 0.239 e. The van der Waals surface area contributed by atoms with Crippen LogP contribution < -0.4 is 21.9 Å². The highest BCUT2D eigenvalue weighted by Crippen LogP contribution is 2.18. The second-order valence-electron chi connectivity index (χ2n) is 4.47. The van der Waals surface area contributed by atoms with Gasteiger partial charge in [0.1, 0.15) is 6.04 Å². The molecule has 1 heterocycles. The SMILES string of the molecule is CC(NC(=O)C1CC(N)NN1)c1cccc(Br)c1. The van der Waals surface area contributed by atoms with Crippen LogP contribution in [0.5, 0.6) is 0 Å². The Kier molecular flexibility index (Phi) is 4.34. The van der Waals surface area contributed by atoms with Crippen molar-refractivity contribution in [2.75, 3.05) is 0 Å². The molecule has 3 unspecified atom stereocenters. The predicted molar refractivity (Wildman–Crippen MR) is 73.4 cm³/mol. The van der Waals surface area contributed by atoms with Crippen molar-refractivity contribution in [2.45, 2.75) is 31.6 Å². The quantitative estimate of drug-likeness (QED) is 0.665. The third-order valence-electron chi connectivity index (χ3n) is 2.96. The molecule has 0 radical (unpaired) electrons. The first-order valence-electron chi connectivity index (χ1n) is 5.89. The number of hydrogen-bond acceptors (Lipinski definition) is 4. The number of hydrazine groups is 1. The third-order valence-corrected chi connectivity index (χ3v) is 3.45. The van der Waals surface area contributed by atoms with Gasteiger partial charge in [-0.3, -0.25) is 4.79 Å². The topological polar surface area (TPSA) is 79.2 Å². The maximum Gasteiger partial charge on any atom is 0.239 e. The fourth-order valence-corrected chi connectivity index (χ4v) is 2.34. The van der Waals surface area contributed by atoms with Crippen molar-refractivity contribution in [3.63, 3.8) is 0 Å². The molecule has 1 aliphatic rings. The average Bonchev–Trinajstić information content (AvgIpc) is 2.76. The monoisotopic (exact) mass is 312 g/mol. The van der Waals surface area contributed by atoms with Gasteiger partial charge in [0.25, 0.3) is 0 Å². The summed E-state index contributed by atoms with van der Waals surface area (Å²) >= 11 is 3.42. The summed E-state index contributed by atoms with van der Waals surface area (Å²) in [6, 6.07) is 7.59. The highest BCUT2D eigenvalue weighted by atomic mass is 79.9. The minimum Gasteiger partial charge on any atom is -0.348 e. The zero-order chi connectivity index (χ0) is 13.1. The van der Waals surface area contributed by atoms with Crippen LogP contribution in [0.15, 0.2) is 28.7 Å². The standard InChI is InChI=1S/C12H17BrN4O/c1-7(8-3-2-4-9(13)5-8)15-12(18)10-6-11(14)17-16-10/h2-5,7,10-11,16-17H,6,14H2,1H3,(H,15,18). The first-order chi connectivity index (χ1) is 8.56. The van der Waals surface area contributed by atoms with E-state index in [1.165, 1.54) is 0 Å². The summed E-state index contributed by atoms with van der Waals surface area (Å²) in [5.41, 5.74) is 12.4. The van der Waals surface area contributed by atoms with Gasteiger partial charge in [-0.2, -0.15) is 0 Å². The maximum atomic E-state index is 12.0. The van der Waals surface area contributed by atoms with Crippen molar-refractivity contribution in [3.05, 3.63) is 34.3 Å². The minimum absolute atomic E-state index is 0.0337. The molecule has 0 aromatic heterocycles. The van der Waals surface area contributed by atoms with Crippen molar-refractivity contribution in [1.29, 1.82) is 0 Å². The van der Waals surface area contributed by atoms with Crippen LogP contribution in [0.2, 0.25) is 0 Å². The molecule has 0 bridgehead atoms. The number of amides is 1. The van der Waals surface area contributed by atoms with Crippen LogP contribution >= 0.6 is 15.9 Å². The molecule has 6 heteroatoms. The predicted octanol–water partition coefficient (Wildman–Crippen LogP) is 0.778. The molecule has 18 heavy (non-hydrogen) atoms. The Morgan fingerprint density at radius 1 is 1.56 bits per heavy atom. The van der Waals surface area contributed by atoms with Gasteiger partial charge >= 0.3 is 0 Å². The van der Waals surface area contributed by atoms with Crippen LogP contribution in [-0.2, 0) is 4.79 Å². The van der Waals surface area contributed by atoms with E-state index in [4.69, 9.17) is 5.73 Å². The van der Waals surface area contributed by atoms with Gasteiger partial charge in [-0.05, 0) is 24.6 Å². The number of halogens is 1. The largest absolute Gasteiger partial charge is 0.348 e. The Morgan fingerprint density at radius 3 is 2.94 bits per heavy atom. The molecule has 3 atom stereocenters. The lowest BCUT2D eigenvalue weighted by Crippen LogP contribution is -2.44. The van der Waals surface area contributed by atoms with Crippen LogP contribution in [0, 0.1) is 0 Å². The molecule has 1 saturated heterocycles. The minimum atomic E-state index is -0.269. The Balaban J connectivity index is 1.95. The first-order valence-corrected chi connectivity index (χ1v) is 6.68. The lowest BCUT2D eigenvalue weighted by Gasteiger charge is -2.17. The molecule has 0 spiro atoms. The molecule has 1 fully saturated rings. The lowest BCUT2D eigenvalue weighted by atomic mass is 10.1. The summed E-state index contributed by atoms with van der Waals surface area (Å²) in [5, 5.41) is 2.97. The lowest BCUT2D eigenvalue weighted by molar-refractivity contribution is -0.123. The van der Waals surface area contributed by atoms with Gasteiger partial charge in [0.2, 0.25) is 5.91 Å². The molecule has 1 amide bonds. The van der Waals surface area contributed by atoms with Crippen LogP contribution in [0.1, 0.15) is 24.9 Å². The molecule has 1 aliphatic heterocycles. The normalized spacial score (nSPS) is 24.8. The molecule has 0 aliphatic carbocycles. The van der Waals surface area contributed by atoms with Gasteiger partial charge in [0.15, 0.2) is 0 Å². The highest BCUT2D eigenvalue weighted by Gasteiger charge is 2.27. The van der Waals surface area contributed by atoms with Crippen molar-refractivity contribution >= 4 is 21.8 Å². The first kappa shape index (κ1) is 13.5. The summed E-state index contributed by atoms with van der Waals surface area (Å²) in [7, 11) is 0. The van der Waals surface area contributed by atoms with Crippen molar-refractivity contribution in [2.24, 2.45) is 5.73 Å². The molecule has 0 saturated carbocycles. The number of nitrogens with one attached hydrogen (secondary N) is 3. The van der Waals surface area contributed by atoms with E-state index < -0.39 is 0 Å². The van der Waals surface area contributed by atoms with E-state index in [1.807, 2.05) is 31.2 Å². The van der Waals surface area contributed by atoms with Crippen LogP contribution in [0.4, 0.5) is 0 Å². The number of rotatable bonds is 3. The molecule has 1 aromatic rings. The highest BCUT2D eigenvalue weighted by molar-refractivity contribution is 9.10. The number of hydrogen-bond donors (Lipinski definition) is 4. The number of nitrogens with two attached hydrogens (primary N) is 1. The molecule has 2 rings (SSSR count). The molecular formula is C12H17BrN4O. The van der Waals surface area contributed by atoms with Crippen molar-refractivity contribution in [1.82, 2.24) is 16.2 Å². The van der Waals surface area contributed by atoms with Gasteiger partial charge in [-0.25, -0.2) is 10.9 Å². The summed E-state index contributed by atoms with van der Waals surface area (Å²) in [6.07, 6.45) is 0.429. The molecule has 1 aromatic carbocycles. The van der Waals surface area contributed by atoms with Crippen LogP contribution in [0.3, 0.4) is 0 Å². The van der Waals surface area contributed by atoms with Gasteiger partial charge in [0, 0.05) is 10.9 Å². The molecular weight excluding hydrogens is 296 g/mol. The van der Waals surface area contributed by atoms with Gasteiger partial charge in [-0.1, -0.05) is 28.1 Å². The van der Waals surface area contributed by atoms with Crippen LogP contribution in [-0.4, -0.2) is 18.1 Å². The zero-order valence-corrected chi connectivity index (χ0v) is 11.7. The number of benzene rings is 1. The van der Waals surface area contributed by atoms with Gasteiger partial charge < -0.3 is 11.1 Å². The second kappa shape index (κ2) is 5.79. The van der Waals surface area contributed by atoms with E-state index in [0.717, 1.165) is 10.0 Å². The van der Waals surface area contributed by atoms with E-state index in [1.54, 1.807) is 0 Å². The Bertz CT molecular complexity index is 440. The summed E-state index contributed by atoms with van der Waals surface area (Å²) in [4.78, 5) is 12.0. The third kappa shape index (κ3) is 3.29. The summed E-state index contributed by atoms with van der Waals surface area (Å²) in [5.74, 6) is -0.0390. The Labute approximate surface area is 115 Å². The molecule has 5 N–H and O–H groups in total. The summed E-state index contributed by atoms with van der Waals surface area (Å²) in [6.45, 7) is 1.96. The maximum absolute atomic E-state index is 12.0. The fraction of sp³-hybridized carbons (Fsp3) is 0.417. The zero-order valence-electron chi connectivity index (χ0n) is 10.1. The van der Waals surface area contributed by atoms with Gasteiger partial charge in [-0.15, -0.1) is 0 Å². The van der Waals surface area contributed by atoms with Gasteiger partial charge in [0.05, 0.1) is 12.2 Å². The van der Waals surface area contributed by atoms with Crippen molar-refractivity contribution < 1.29 is 4.79 Å². The van der Waals surface area contributed by atoms with E-state index in [-0.39, 0.29) is 24.2 Å². The van der Waals surface area contributed by atoms with E-state index in [2.05, 4.69) is 32.1 Å². The second-order valence-corrected chi connectivity index (χ2v) is 5.38. The van der Waals surface area contributed by atoms with E-state index in [0.29, 0.717) is 6.42 Å². The summed E-state index contributed by atoms with van der Waals surface area (Å²) < 4.78 is 1.00. The number of carbonyl (C=O) groups excluding carboxylic acids is 1. The molecule has 5 nitrogen and oxygen atoms in total. The van der Waals surface area contributed by atoms with E-state index >= 15 is 0 Å². The number of carbonyl (C=O) groups is 1. The van der Waals surface area contributed by atoms with Crippen LogP contribution in [0.25, 0.3) is 0 Å². The Morgan fingerprint density at radius 2 is 2.33 bits per heavy atom. The fourth-order valence-electron chi connectivity index (χ4n) is 1.93.